The van der Waals surface area contributed by atoms with Crippen molar-refractivity contribution in [3.05, 3.63) is 145 Å². The molecule has 28 heteroatoms. The number of carbonyl (C=O) groups is 1. The summed E-state index contributed by atoms with van der Waals surface area (Å²) in [4.78, 5) is 52.9. The van der Waals surface area contributed by atoms with Gasteiger partial charge < -0.3 is 73.9 Å². The summed E-state index contributed by atoms with van der Waals surface area (Å²) in [5.41, 5.74) is 9.11. The number of rotatable bonds is 16. The molecule has 3 spiro atoms. The number of carboxylic acids is 1. The standard InChI is InChI=1S/C29H33N5O4.C24H27N5O5.C24H29N5O4/c35-13-21-23-24(38-29(37-23)11-19-3-1-2-4-20(19)12-29)27(36-21)34-15-32-22-25(30-14-31-26(22)34)33-28-8-16-5-17(9-28)7-18(6-16)10-28;30-23(31)19-17-18(34-24(33-17)10-5-2-6-11-24)22(32-19)29-14-28-16-20(26-13-27-21(16)29)25-12-9-15-7-3-1-4-8-15;30-13-17-19-20(33-24(32-19)10-5-2-6-11-24)23(31-17)29-15-28-18-21(26-14-27-22(18)29)25-12-9-16-7-3-1-4-8-16/h1-4,14-18,21,23-24,27,35H,5-13H2,(H,30,31,33);1,3-4,7-8,13-14,17-19,22H,2,5-6,9-12H2,(H,30,31)(H,25,26,27);1,3-4,7-8,14-15,17,19-20,23,30H,2,5-6,9-13H2,(H,25,26,27)/t16?,17?,18?,21-,23?,24+,27-,28?;17?,18-,19-,22+;17-,19?,20+,23-/m101/s1. The largest absolute Gasteiger partial charge is 0.479 e. The van der Waals surface area contributed by atoms with Crippen molar-refractivity contribution in [1.82, 2.24) is 58.6 Å². The number of aliphatic carboxylic acids is 1. The molecule has 4 bridgehead atoms. The zero-order chi connectivity index (χ0) is 70.4. The van der Waals surface area contributed by atoms with E-state index in [9.17, 15) is 20.1 Å². The van der Waals surface area contributed by atoms with Gasteiger partial charge in [0.15, 0.2) is 93.1 Å². The zero-order valence-corrected chi connectivity index (χ0v) is 58.5. The average molecular weight is 1430 g/mol. The lowest BCUT2D eigenvalue weighted by Crippen LogP contribution is -2.54. The molecule has 12 fully saturated rings. The molecular weight excluding hydrogens is 1340 g/mol. The fraction of sp³-hybridized carbons (Fsp3) is 0.558. The maximum absolute atomic E-state index is 12.0. The number of anilines is 3. The Hall–Kier alpha value is -8.26. The SMILES string of the molecule is O=C(O)[C@H]1O[C@@H](n2cnc3c(NCCc4ccccc4)ncnc32)[C@H]2OC3(CCCCC3)OC12.OC[C@H]1O[C@@H](n2cnc3c(NC45CC6CC(CC(C6)C4)C5)ncnc32)[C@H]2OC3(Cc4ccccc4C3)OC12.OC[C@H]1O[C@@H](n2cnc3c(NCCc4ccccc4)ncnc32)[C@H]2OC3(CCCCC3)OC12. The van der Waals surface area contributed by atoms with E-state index >= 15 is 0 Å². The fourth-order valence-corrected chi connectivity index (χ4v) is 19.9. The number of aliphatic hydroxyl groups is 2. The van der Waals surface area contributed by atoms with E-state index in [0.29, 0.717) is 59.0 Å². The first kappa shape index (κ1) is 67.4. The molecule has 6 N–H and O–H groups in total. The first-order valence-corrected chi connectivity index (χ1v) is 37.9. The van der Waals surface area contributed by atoms with Crippen LogP contribution in [0.1, 0.15) is 144 Å². The van der Waals surface area contributed by atoms with Crippen molar-refractivity contribution < 1.29 is 62.7 Å². The first-order valence-electron chi connectivity index (χ1n) is 37.9. The number of hydrogen-bond donors (Lipinski definition) is 6. The van der Waals surface area contributed by atoms with E-state index in [0.717, 1.165) is 106 Å². The summed E-state index contributed by atoms with van der Waals surface area (Å²) in [7, 11) is 0. The second kappa shape index (κ2) is 27.5. The molecule has 0 amide bonds. The monoisotopic (exact) mass is 1430 g/mol. The lowest BCUT2D eigenvalue weighted by Gasteiger charge is -2.57. The minimum Gasteiger partial charge on any atom is -0.479 e. The van der Waals surface area contributed by atoms with Crippen LogP contribution in [0.15, 0.2) is 123 Å². The molecule has 0 radical (unpaired) electrons. The van der Waals surface area contributed by atoms with Gasteiger partial charge in [0.25, 0.3) is 0 Å². The maximum atomic E-state index is 12.0. The van der Waals surface area contributed by atoms with E-state index in [-0.39, 0.29) is 43.2 Å². The number of aromatic nitrogens is 12. The van der Waals surface area contributed by atoms with Crippen molar-refractivity contribution in [3.8, 4) is 0 Å². The number of aliphatic hydroxyl groups excluding tert-OH is 2. The highest BCUT2D eigenvalue weighted by atomic mass is 16.8. The van der Waals surface area contributed by atoms with Crippen LogP contribution in [0.5, 0.6) is 0 Å². The summed E-state index contributed by atoms with van der Waals surface area (Å²) in [6.07, 6.45) is 24.3. The van der Waals surface area contributed by atoms with Crippen LogP contribution < -0.4 is 16.0 Å². The molecule has 6 saturated carbocycles. The number of hydrogen-bond acceptors (Lipinski definition) is 24. The molecule has 9 aromatic rings. The summed E-state index contributed by atoms with van der Waals surface area (Å²) in [5, 5.41) is 40.5. The quantitative estimate of drug-likeness (QED) is 0.0525. The summed E-state index contributed by atoms with van der Waals surface area (Å²) in [5.74, 6) is 1.60. The molecule has 6 aromatic heterocycles. The minimum atomic E-state index is -1.11. The molecule has 6 aliphatic heterocycles. The molecule has 7 aliphatic carbocycles. The van der Waals surface area contributed by atoms with Crippen LogP contribution in [0, 0.1) is 17.8 Å². The normalized spacial score (nSPS) is 32.3. The van der Waals surface area contributed by atoms with Crippen LogP contribution in [0.25, 0.3) is 33.5 Å². The van der Waals surface area contributed by atoms with Gasteiger partial charge in [0.1, 0.15) is 67.8 Å². The first-order chi connectivity index (χ1) is 51.5. The van der Waals surface area contributed by atoms with Crippen molar-refractivity contribution >= 4 is 56.9 Å². The van der Waals surface area contributed by atoms with E-state index in [1.807, 2.05) is 45.5 Å². The highest BCUT2D eigenvalue weighted by Crippen LogP contribution is 2.58. The van der Waals surface area contributed by atoms with Gasteiger partial charge in [0.05, 0.1) is 32.2 Å². The molecule has 105 heavy (non-hydrogen) atoms. The van der Waals surface area contributed by atoms with Gasteiger partial charge >= 0.3 is 5.97 Å². The predicted molar refractivity (Wildman–Crippen MR) is 379 cm³/mol. The van der Waals surface area contributed by atoms with Crippen LogP contribution in [-0.2, 0) is 73.1 Å². The third-order valence-electron chi connectivity index (χ3n) is 24.2. The Morgan fingerprint density at radius 2 is 0.838 bits per heavy atom. The lowest BCUT2D eigenvalue weighted by molar-refractivity contribution is -0.232. The molecule has 6 saturated heterocycles. The van der Waals surface area contributed by atoms with Crippen molar-refractivity contribution in [2.45, 2.75) is 225 Å². The number of nitrogens with one attached hydrogen (secondary N) is 3. The second-order valence-corrected chi connectivity index (χ2v) is 31.0. The van der Waals surface area contributed by atoms with Crippen LogP contribution >= 0.6 is 0 Å². The topological polar surface area (TPSA) is 328 Å². The molecule has 3 unspecified atom stereocenters. The summed E-state index contributed by atoms with van der Waals surface area (Å²) in [6.45, 7) is 1.17. The maximum Gasteiger partial charge on any atom is 0.335 e. The predicted octanol–water partition coefficient (Wildman–Crippen LogP) is 9.10. The third-order valence-corrected chi connectivity index (χ3v) is 24.2. The van der Waals surface area contributed by atoms with Gasteiger partial charge in [0.2, 0.25) is 0 Å². The average Bonchev–Trinajstić information content (AvgIpc) is 1.62. The van der Waals surface area contributed by atoms with Gasteiger partial charge in [-0.25, -0.2) is 49.7 Å². The Kier molecular flexibility index (Phi) is 17.6. The number of fused-ring (bicyclic) bond motifs is 7. The van der Waals surface area contributed by atoms with E-state index in [4.69, 9.17) is 47.6 Å². The van der Waals surface area contributed by atoms with Crippen LogP contribution in [0.3, 0.4) is 0 Å². The molecular formula is C77H89N15O13. The highest BCUT2D eigenvalue weighted by molar-refractivity contribution is 5.84. The lowest BCUT2D eigenvalue weighted by atomic mass is 9.53. The van der Waals surface area contributed by atoms with Gasteiger partial charge in [0, 0.05) is 57.2 Å². The number of imidazole rings is 3. The summed E-state index contributed by atoms with van der Waals surface area (Å²) >= 11 is 0. The Morgan fingerprint density at radius 1 is 0.448 bits per heavy atom. The van der Waals surface area contributed by atoms with Crippen molar-refractivity contribution in [1.29, 1.82) is 0 Å². The zero-order valence-electron chi connectivity index (χ0n) is 58.5. The van der Waals surface area contributed by atoms with Gasteiger partial charge in [-0.15, -0.1) is 0 Å². The number of nitrogens with zero attached hydrogens (tertiary/aromatic N) is 12. The Balaban J connectivity index is 0.000000108. The molecule has 3 aromatic carbocycles. The highest BCUT2D eigenvalue weighted by Gasteiger charge is 2.64. The molecule has 12 heterocycles. The van der Waals surface area contributed by atoms with E-state index in [1.165, 1.54) is 79.9 Å². The molecule has 12 atom stereocenters. The van der Waals surface area contributed by atoms with Gasteiger partial charge in [-0.2, -0.15) is 0 Å². The minimum absolute atomic E-state index is 0.120. The number of carboxylic acid groups (broad SMARTS) is 1. The smallest absolute Gasteiger partial charge is 0.335 e. The Morgan fingerprint density at radius 3 is 1.30 bits per heavy atom. The van der Waals surface area contributed by atoms with E-state index in [1.54, 1.807) is 29.9 Å². The van der Waals surface area contributed by atoms with Gasteiger partial charge in [-0.1, -0.05) is 97.8 Å². The summed E-state index contributed by atoms with van der Waals surface area (Å²) < 4.78 is 62.8. The number of ether oxygens (including phenoxy) is 9. The summed E-state index contributed by atoms with van der Waals surface area (Å²) in [6, 6.07) is 28.9. The van der Waals surface area contributed by atoms with E-state index in [2.05, 4.69) is 104 Å². The Labute approximate surface area is 605 Å². The van der Waals surface area contributed by atoms with Crippen LogP contribution in [-0.4, -0.2) is 184 Å². The van der Waals surface area contributed by atoms with Crippen LogP contribution in [0.4, 0.5) is 17.5 Å². The molecule has 13 aliphatic rings. The molecule has 28 nitrogen and oxygen atoms in total. The number of benzene rings is 3. The van der Waals surface area contributed by atoms with Crippen molar-refractivity contribution in [3.63, 3.8) is 0 Å². The second-order valence-electron chi connectivity index (χ2n) is 31.0. The van der Waals surface area contributed by atoms with E-state index < -0.39 is 72.5 Å². The molecule has 22 rings (SSSR count). The Bertz CT molecular complexity index is 4550. The van der Waals surface area contributed by atoms with Gasteiger partial charge in [-0.05, 0) is 117 Å². The third kappa shape index (κ3) is 12.5. The fourth-order valence-electron chi connectivity index (χ4n) is 19.9. The molecule has 550 valence electrons. The van der Waals surface area contributed by atoms with Gasteiger partial charge in [-0.3, -0.25) is 13.7 Å². The van der Waals surface area contributed by atoms with Crippen LogP contribution in [0.2, 0.25) is 0 Å². The van der Waals surface area contributed by atoms with Crippen molar-refractivity contribution in [2.75, 3.05) is 42.3 Å². The van der Waals surface area contributed by atoms with Crippen molar-refractivity contribution in [2.24, 2.45) is 17.8 Å².